The number of carbonyl (C=O) groups excluding carboxylic acids is 1. The van der Waals surface area contributed by atoms with E-state index in [-0.39, 0.29) is 5.30 Å². The molecule has 0 saturated carbocycles. The van der Waals surface area contributed by atoms with E-state index in [9.17, 15) is 4.79 Å². The van der Waals surface area contributed by atoms with E-state index in [1.54, 1.807) is 0 Å². The van der Waals surface area contributed by atoms with Gasteiger partial charge < -0.3 is 4.74 Å². The van der Waals surface area contributed by atoms with E-state index in [0.717, 1.165) is 11.8 Å². The van der Waals surface area contributed by atoms with Crippen molar-refractivity contribution in [1.29, 1.82) is 0 Å². The van der Waals surface area contributed by atoms with Crippen molar-refractivity contribution in [3.05, 3.63) is 0 Å². The average Bonchev–Trinajstić information content (AvgIpc) is 1.87. The summed E-state index contributed by atoms with van der Waals surface area (Å²) in [6.45, 7) is 0. The lowest BCUT2D eigenvalue weighted by Crippen LogP contribution is -1.92. The largest absolute Gasteiger partial charge is 0.461 e. The van der Waals surface area contributed by atoms with Crippen LogP contribution in [0.5, 0.6) is 0 Å². The maximum atomic E-state index is 10.4. The first-order chi connectivity index (χ1) is 4.20. The second-order valence-electron chi connectivity index (χ2n) is 1.01. The minimum atomic E-state index is -0.352. The fourth-order valence-electron chi connectivity index (χ4n) is 0.151. The van der Waals surface area contributed by atoms with Gasteiger partial charge in [0.2, 0.25) is 0 Å². The maximum absolute atomic E-state index is 10.4. The SMILES string of the molecule is COC(=O)SC(=S)SC. The van der Waals surface area contributed by atoms with Crippen molar-refractivity contribution in [1.82, 2.24) is 0 Å². The molecule has 0 aromatic rings. The molecule has 5 heteroatoms. The molecule has 0 aromatic heterocycles. The number of ether oxygens (including phenoxy) is 1. The third-order valence-corrected chi connectivity index (χ3v) is 2.83. The van der Waals surface area contributed by atoms with E-state index in [4.69, 9.17) is 12.2 Å². The highest BCUT2D eigenvalue weighted by atomic mass is 32.2. The minimum absolute atomic E-state index is 0.352. The van der Waals surface area contributed by atoms with Gasteiger partial charge in [0.25, 0.3) is 0 Å². The van der Waals surface area contributed by atoms with Crippen molar-refractivity contribution < 1.29 is 9.53 Å². The van der Waals surface area contributed by atoms with Crippen LogP contribution in [-0.4, -0.2) is 22.2 Å². The maximum Gasteiger partial charge on any atom is 0.373 e. The number of methoxy groups -OCH3 is 1. The molecule has 0 saturated heterocycles. The number of hydrogen-bond acceptors (Lipinski definition) is 5. The molecule has 0 fully saturated rings. The second-order valence-corrected chi connectivity index (χ2v) is 3.96. The van der Waals surface area contributed by atoms with Gasteiger partial charge in [-0.1, -0.05) is 12.2 Å². The number of rotatable bonds is 0. The standard InChI is InChI=1S/C4H6O2S3/c1-6-3(5)9-4(7)8-2/h1-2H3. The molecule has 0 rings (SSSR count). The number of thiocarbonyl (C=S) groups is 1. The molecule has 0 amide bonds. The normalized spacial score (nSPS) is 8.67. The Morgan fingerprint density at radius 3 is 2.56 bits per heavy atom. The summed E-state index contributed by atoms with van der Waals surface area (Å²) in [4.78, 5) is 10.4. The fourth-order valence-corrected chi connectivity index (χ4v) is 1.11. The summed E-state index contributed by atoms with van der Waals surface area (Å²) < 4.78 is 4.93. The third kappa shape index (κ3) is 4.74. The Balaban J connectivity index is 3.47. The molecule has 0 heterocycles. The number of thioether (sulfide) groups is 2. The van der Waals surface area contributed by atoms with Gasteiger partial charge in [-0.05, 0) is 6.26 Å². The molecular weight excluding hydrogens is 176 g/mol. The van der Waals surface area contributed by atoms with E-state index >= 15 is 0 Å². The summed E-state index contributed by atoms with van der Waals surface area (Å²) in [6.07, 6.45) is 1.82. The fraction of sp³-hybridized carbons (Fsp3) is 0.500. The van der Waals surface area contributed by atoms with Crippen LogP contribution in [0.3, 0.4) is 0 Å². The summed E-state index contributed by atoms with van der Waals surface area (Å²) in [5, 5.41) is -0.352. The van der Waals surface area contributed by atoms with Crippen LogP contribution in [0.4, 0.5) is 4.79 Å². The molecule has 0 spiro atoms. The van der Waals surface area contributed by atoms with E-state index in [2.05, 4.69) is 4.74 Å². The molecule has 0 atom stereocenters. The molecule has 0 bridgehead atoms. The number of carbonyl (C=O) groups is 1. The van der Waals surface area contributed by atoms with Gasteiger partial charge in [-0.15, -0.1) is 11.8 Å². The van der Waals surface area contributed by atoms with Gasteiger partial charge in [-0.3, -0.25) is 0 Å². The van der Waals surface area contributed by atoms with Crippen LogP contribution in [0.25, 0.3) is 0 Å². The van der Waals surface area contributed by atoms with Crippen molar-refractivity contribution in [2.45, 2.75) is 0 Å². The van der Waals surface area contributed by atoms with Crippen molar-refractivity contribution in [3.63, 3.8) is 0 Å². The molecule has 9 heavy (non-hydrogen) atoms. The minimum Gasteiger partial charge on any atom is -0.461 e. The predicted molar refractivity (Wildman–Crippen MR) is 46.1 cm³/mol. The van der Waals surface area contributed by atoms with E-state index in [1.165, 1.54) is 18.9 Å². The van der Waals surface area contributed by atoms with Gasteiger partial charge in [0.15, 0.2) is 0 Å². The van der Waals surface area contributed by atoms with Gasteiger partial charge in [0, 0.05) is 11.8 Å². The van der Waals surface area contributed by atoms with Crippen LogP contribution >= 0.6 is 35.7 Å². The second kappa shape index (κ2) is 5.08. The Labute approximate surface area is 67.7 Å². The highest BCUT2D eigenvalue weighted by molar-refractivity contribution is 8.51. The molecular formula is C4H6O2S3. The van der Waals surface area contributed by atoms with Crippen LogP contribution in [-0.2, 0) is 4.74 Å². The Bertz CT molecular complexity index is 109. The summed E-state index contributed by atoms with van der Waals surface area (Å²) in [6, 6.07) is 0. The van der Waals surface area contributed by atoms with Crippen molar-refractivity contribution >= 4 is 44.6 Å². The van der Waals surface area contributed by atoms with Gasteiger partial charge in [0.05, 0.1) is 7.11 Å². The monoisotopic (exact) mass is 182 g/mol. The zero-order valence-electron chi connectivity index (χ0n) is 5.04. The third-order valence-electron chi connectivity index (χ3n) is 0.500. The smallest absolute Gasteiger partial charge is 0.373 e. The van der Waals surface area contributed by atoms with Crippen LogP contribution < -0.4 is 0 Å². The molecule has 0 N–H and O–H groups in total. The number of hydrogen-bond donors (Lipinski definition) is 0. The first-order valence-corrected chi connectivity index (χ1v) is 4.49. The molecule has 0 aliphatic carbocycles. The lowest BCUT2D eigenvalue weighted by Gasteiger charge is -1.94. The molecule has 0 aliphatic heterocycles. The first-order valence-electron chi connectivity index (χ1n) is 2.04. The molecule has 0 aliphatic rings. The van der Waals surface area contributed by atoms with E-state index in [1.807, 2.05) is 6.26 Å². The van der Waals surface area contributed by atoms with Crippen LogP contribution in [0.1, 0.15) is 0 Å². The molecule has 0 unspecified atom stereocenters. The summed E-state index contributed by atoms with van der Waals surface area (Å²) in [5.74, 6) is 0. The zero-order valence-corrected chi connectivity index (χ0v) is 7.49. The van der Waals surface area contributed by atoms with Gasteiger partial charge in [-0.2, -0.15) is 0 Å². The van der Waals surface area contributed by atoms with Crippen molar-refractivity contribution in [2.75, 3.05) is 13.4 Å². The quantitative estimate of drug-likeness (QED) is 0.422. The topological polar surface area (TPSA) is 26.3 Å². The lowest BCUT2D eigenvalue weighted by molar-refractivity contribution is 0.200. The zero-order chi connectivity index (χ0) is 7.28. The highest BCUT2D eigenvalue weighted by Crippen LogP contribution is 2.15. The Morgan fingerprint density at radius 2 is 2.22 bits per heavy atom. The average molecular weight is 182 g/mol. The Hall–Kier alpha value is 0.260. The van der Waals surface area contributed by atoms with E-state index in [0.29, 0.717) is 3.53 Å². The van der Waals surface area contributed by atoms with Crippen LogP contribution in [0.2, 0.25) is 0 Å². The van der Waals surface area contributed by atoms with Crippen LogP contribution in [0, 0.1) is 0 Å². The summed E-state index contributed by atoms with van der Waals surface area (Å²) in [5.41, 5.74) is 0. The summed E-state index contributed by atoms with van der Waals surface area (Å²) in [7, 11) is 1.33. The molecule has 2 nitrogen and oxygen atoms in total. The van der Waals surface area contributed by atoms with Crippen LogP contribution in [0.15, 0.2) is 0 Å². The van der Waals surface area contributed by atoms with Gasteiger partial charge in [-0.25, -0.2) is 4.79 Å². The van der Waals surface area contributed by atoms with Gasteiger partial charge >= 0.3 is 5.30 Å². The molecule has 52 valence electrons. The van der Waals surface area contributed by atoms with Gasteiger partial charge in [0.1, 0.15) is 3.53 Å². The molecule has 0 radical (unpaired) electrons. The first kappa shape index (κ1) is 9.26. The molecule has 0 aromatic carbocycles. The van der Waals surface area contributed by atoms with Crippen molar-refractivity contribution in [3.8, 4) is 0 Å². The lowest BCUT2D eigenvalue weighted by atomic mass is 11.5. The van der Waals surface area contributed by atoms with Crippen molar-refractivity contribution in [2.24, 2.45) is 0 Å². The van der Waals surface area contributed by atoms with E-state index < -0.39 is 0 Å². The Kier molecular flexibility index (Phi) is 5.22. The highest BCUT2D eigenvalue weighted by Gasteiger charge is 2.03. The predicted octanol–water partition coefficient (Wildman–Crippen LogP) is 2.13. The Morgan fingerprint density at radius 1 is 1.67 bits per heavy atom. The summed E-state index contributed by atoms with van der Waals surface area (Å²) >= 11 is 7.02.